The summed E-state index contributed by atoms with van der Waals surface area (Å²) in [4.78, 5) is 29.4. The van der Waals surface area contributed by atoms with E-state index in [0.717, 1.165) is 33.5 Å². The van der Waals surface area contributed by atoms with Crippen molar-refractivity contribution in [2.45, 2.75) is 43.7 Å². The van der Waals surface area contributed by atoms with Crippen molar-refractivity contribution in [1.82, 2.24) is 19.5 Å². The van der Waals surface area contributed by atoms with Crippen LogP contribution in [0.15, 0.2) is 95.1 Å². The van der Waals surface area contributed by atoms with Gasteiger partial charge in [0.15, 0.2) is 11.7 Å². The summed E-state index contributed by atoms with van der Waals surface area (Å²) in [6.07, 6.45) is -5.86. The molecule has 246 valence electrons. The van der Waals surface area contributed by atoms with Gasteiger partial charge in [0.1, 0.15) is 0 Å². The molecule has 1 unspecified atom stereocenters. The van der Waals surface area contributed by atoms with E-state index in [1.54, 1.807) is 42.5 Å². The number of aryl methyl sites for hydroxylation is 1. The Morgan fingerprint density at radius 2 is 1.72 bits per heavy atom. The Balaban J connectivity index is 1.24. The van der Waals surface area contributed by atoms with E-state index in [0.29, 0.717) is 5.56 Å². The third-order valence-electron chi connectivity index (χ3n) is 7.04. The Morgan fingerprint density at radius 1 is 1.06 bits per heavy atom. The van der Waals surface area contributed by atoms with Crippen LogP contribution in [0, 0.1) is 12.1 Å². The summed E-state index contributed by atoms with van der Waals surface area (Å²) in [5.74, 6) is -1.74. The van der Waals surface area contributed by atoms with Crippen LogP contribution in [-0.2, 0) is 30.6 Å². The van der Waals surface area contributed by atoms with Gasteiger partial charge in [-0.2, -0.15) is 18.3 Å². The van der Waals surface area contributed by atoms with Crippen LogP contribution < -0.4 is 4.72 Å². The quantitative estimate of drug-likeness (QED) is 0.0825. The number of carbonyl (C=O) groups excluding carboxylic acids is 2. The Kier molecular flexibility index (Phi) is 9.19. The van der Waals surface area contributed by atoms with Crippen LogP contribution in [0.5, 0.6) is 0 Å². The number of carbonyl (C=O) groups is 2. The number of hydrogen-bond acceptors (Lipinski definition) is 9. The molecule has 1 fully saturated rings. The number of hydrazine groups is 1. The number of aromatic nitrogens is 2. The monoisotopic (exact) mass is 672 g/mol. The molecule has 4 aromatic rings. The molecule has 0 spiro atoms. The highest BCUT2D eigenvalue weighted by Crippen LogP contribution is 2.33. The molecule has 17 heteroatoms. The van der Waals surface area contributed by atoms with Crippen molar-refractivity contribution in [3.63, 3.8) is 0 Å². The number of esters is 1. The van der Waals surface area contributed by atoms with Crippen LogP contribution in [0.4, 0.5) is 13.2 Å². The zero-order chi connectivity index (χ0) is 33.9. The van der Waals surface area contributed by atoms with Crippen LogP contribution in [0.2, 0.25) is 0 Å². The maximum Gasteiger partial charge on any atom is 0.435 e. The van der Waals surface area contributed by atoms with Gasteiger partial charge in [-0.3, -0.25) is 9.63 Å². The third-order valence-corrected chi connectivity index (χ3v) is 8.40. The van der Waals surface area contributed by atoms with E-state index in [2.05, 4.69) is 10.4 Å². The molecular formula is C30H27F3N6O7S. The van der Waals surface area contributed by atoms with E-state index < -0.39 is 46.1 Å². The summed E-state index contributed by atoms with van der Waals surface area (Å²) in [5.41, 5.74) is 0.750. The lowest BCUT2D eigenvalue weighted by Crippen LogP contribution is -2.59. The number of rotatable bonds is 10. The van der Waals surface area contributed by atoms with E-state index in [1.807, 2.05) is 11.6 Å². The molecule has 0 radical (unpaired) electrons. The largest absolute Gasteiger partial charge is 0.569 e. The SMILES string of the molecule is Cc1ccc(-c2cc(C(F)(F)F)nn2-c2ccc(S(=O)(=O)NC(=O)[C@@H]3CCN3/[N+]([O-])=N\OC(C)OC(=O)c3ccccc3)cc2)cc1. The number of halogens is 3. The normalized spacial score (nSPS) is 15.8. The Hall–Kier alpha value is -5.45. The minimum atomic E-state index is -4.72. The van der Waals surface area contributed by atoms with Gasteiger partial charge >= 0.3 is 12.1 Å². The summed E-state index contributed by atoms with van der Waals surface area (Å²) in [7, 11) is -4.46. The third kappa shape index (κ3) is 7.51. The zero-order valence-corrected chi connectivity index (χ0v) is 25.6. The highest BCUT2D eigenvalue weighted by atomic mass is 32.2. The number of sulfonamides is 1. The molecule has 0 aliphatic carbocycles. The topological polar surface area (TPSA) is 158 Å². The van der Waals surface area contributed by atoms with Crippen molar-refractivity contribution in [1.29, 1.82) is 0 Å². The fourth-order valence-electron chi connectivity index (χ4n) is 4.49. The fourth-order valence-corrected chi connectivity index (χ4v) is 5.50. The van der Waals surface area contributed by atoms with Crippen molar-refractivity contribution in [2.24, 2.45) is 5.28 Å². The standard InChI is InChI=1S/C30H27F3N6O7S/c1-19-8-10-21(11-9-19)26-18-27(30(31,32)33)34-38(26)23-12-14-24(15-13-23)47(43,44)35-28(40)25-16-17-37(25)39(42)36-46-20(2)45-29(41)22-6-4-3-5-7-22/h3-15,18,20,25H,16-17H2,1-2H3,(H,35,40)/b39-36+/t20?,25-/m0/s1. The van der Waals surface area contributed by atoms with Gasteiger partial charge in [0.2, 0.25) is 5.28 Å². The van der Waals surface area contributed by atoms with Crippen molar-refractivity contribution < 1.29 is 45.7 Å². The second-order valence-corrected chi connectivity index (χ2v) is 12.1. The summed E-state index contributed by atoms with van der Waals surface area (Å²) in [5, 5.41) is 20.3. The molecule has 13 nitrogen and oxygen atoms in total. The average molecular weight is 673 g/mol. The zero-order valence-electron chi connectivity index (χ0n) is 24.8. The number of nitrogens with zero attached hydrogens (tertiary/aromatic N) is 5. The van der Waals surface area contributed by atoms with E-state index in [9.17, 15) is 36.4 Å². The van der Waals surface area contributed by atoms with Gasteiger partial charge in [-0.25, -0.2) is 22.6 Å². The minimum absolute atomic E-state index is 0.0487. The molecule has 1 aromatic heterocycles. The van der Waals surface area contributed by atoms with E-state index >= 15 is 0 Å². The Bertz CT molecular complexity index is 1900. The summed E-state index contributed by atoms with van der Waals surface area (Å²) in [6, 6.07) is 19.2. The molecule has 2 atom stereocenters. The smallest absolute Gasteiger partial charge is 0.435 e. The van der Waals surface area contributed by atoms with Crippen LogP contribution >= 0.6 is 0 Å². The molecule has 1 N–H and O–H groups in total. The fraction of sp³-hybridized carbons (Fsp3) is 0.233. The van der Waals surface area contributed by atoms with E-state index in [1.165, 1.54) is 31.2 Å². The predicted octanol–water partition coefficient (Wildman–Crippen LogP) is 4.76. The molecular weight excluding hydrogens is 645 g/mol. The van der Waals surface area contributed by atoms with Crippen molar-refractivity contribution in [3.05, 3.63) is 107 Å². The van der Waals surface area contributed by atoms with Gasteiger partial charge in [-0.15, -0.1) is 5.01 Å². The molecule has 0 bridgehead atoms. The Morgan fingerprint density at radius 3 is 2.32 bits per heavy atom. The number of alkyl halides is 3. The first-order chi connectivity index (χ1) is 22.2. The highest BCUT2D eigenvalue weighted by molar-refractivity contribution is 7.90. The number of benzene rings is 3. The van der Waals surface area contributed by atoms with Gasteiger partial charge < -0.3 is 9.94 Å². The highest BCUT2D eigenvalue weighted by Gasteiger charge is 2.42. The number of nitrogens with one attached hydrogen (secondary N) is 1. The first-order valence-electron chi connectivity index (χ1n) is 14.0. The lowest BCUT2D eigenvalue weighted by Gasteiger charge is -2.34. The van der Waals surface area contributed by atoms with Gasteiger partial charge in [0, 0.05) is 18.9 Å². The molecule has 5 rings (SSSR count). The van der Waals surface area contributed by atoms with Crippen molar-refractivity contribution >= 4 is 21.9 Å². The van der Waals surface area contributed by atoms with Gasteiger partial charge in [-0.1, -0.05) is 48.0 Å². The van der Waals surface area contributed by atoms with Gasteiger partial charge in [-0.05, 0) is 49.4 Å². The van der Waals surface area contributed by atoms with Gasteiger partial charge in [0.25, 0.3) is 22.2 Å². The van der Waals surface area contributed by atoms with Crippen LogP contribution in [-0.4, -0.2) is 58.9 Å². The van der Waals surface area contributed by atoms with Crippen molar-refractivity contribution in [3.8, 4) is 16.9 Å². The van der Waals surface area contributed by atoms with E-state index in [4.69, 9.17) is 9.57 Å². The number of ether oxygens (including phenoxy) is 1. The summed E-state index contributed by atoms with van der Waals surface area (Å²) >= 11 is 0. The lowest BCUT2D eigenvalue weighted by molar-refractivity contribution is -0.730. The Labute approximate surface area is 266 Å². The summed E-state index contributed by atoms with van der Waals surface area (Å²) < 4.78 is 74.5. The van der Waals surface area contributed by atoms with E-state index in [-0.39, 0.29) is 39.8 Å². The second kappa shape index (κ2) is 13.1. The molecule has 1 saturated heterocycles. The second-order valence-electron chi connectivity index (χ2n) is 10.4. The molecule has 47 heavy (non-hydrogen) atoms. The maximum absolute atomic E-state index is 13.5. The molecule has 1 aliphatic heterocycles. The molecule has 2 heterocycles. The van der Waals surface area contributed by atoms with Crippen LogP contribution in [0.1, 0.15) is 35.0 Å². The number of amides is 1. The van der Waals surface area contributed by atoms with Gasteiger partial charge in [0.05, 0.1) is 33.4 Å². The molecule has 3 aromatic carbocycles. The molecule has 0 saturated carbocycles. The predicted molar refractivity (Wildman–Crippen MR) is 158 cm³/mol. The lowest BCUT2D eigenvalue weighted by atomic mass is 10.1. The first kappa shape index (κ1) is 32.9. The first-order valence-corrected chi connectivity index (χ1v) is 15.5. The molecule has 1 amide bonds. The summed E-state index contributed by atoms with van der Waals surface area (Å²) in [6.45, 7) is 3.20. The minimum Gasteiger partial charge on any atom is -0.569 e. The molecule has 1 aliphatic rings. The van der Waals surface area contributed by atoms with Crippen molar-refractivity contribution in [2.75, 3.05) is 6.54 Å². The average Bonchev–Trinajstić information content (AvgIpc) is 3.46. The van der Waals surface area contributed by atoms with Crippen LogP contribution in [0.25, 0.3) is 16.9 Å². The maximum atomic E-state index is 13.5. The van der Waals surface area contributed by atoms with Crippen LogP contribution in [0.3, 0.4) is 0 Å². The number of hydrogen-bond donors (Lipinski definition) is 1.